The summed E-state index contributed by atoms with van der Waals surface area (Å²) in [5.41, 5.74) is 5.09. The van der Waals surface area contributed by atoms with Gasteiger partial charge in [-0.25, -0.2) is 0 Å². The minimum absolute atomic E-state index is 0.0295. The number of hydrogen-bond donors (Lipinski definition) is 1. The zero-order chi connectivity index (χ0) is 14.0. The van der Waals surface area contributed by atoms with Gasteiger partial charge in [0.15, 0.2) is 0 Å². The summed E-state index contributed by atoms with van der Waals surface area (Å²) in [5, 5.41) is 0. The van der Waals surface area contributed by atoms with Crippen molar-refractivity contribution in [1.29, 1.82) is 0 Å². The summed E-state index contributed by atoms with van der Waals surface area (Å²) in [6.45, 7) is 0. The number of halogens is 4. The van der Waals surface area contributed by atoms with E-state index in [9.17, 15) is 13.2 Å². The van der Waals surface area contributed by atoms with E-state index in [1.54, 1.807) is 24.3 Å². The monoisotopic (exact) mass is 347 g/mol. The van der Waals surface area contributed by atoms with Gasteiger partial charge in [-0.3, -0.25) is 0 Å². The number of nitrogens with two attached hydrogens (primary N) is 1. The number of benzene rings is 2. The van der Waals surface area contributed by atoms with E-state index in [0.717, 1.165) is 22.3 Å². The number of anilines is 1. The van der Waals surface area contributed by atoms with Crippen LogP contribution in [0.1, 0.15) is 5.56 Å². The Morgan fingerprint density at radius 1 is 1.00 bits per heavy atom. The molecule has 2 N–H and O–H groups in total. The third kappa shape index (κ3) is 3.25. The van der Waals surface area contributed by atoms with Crippen LogP contribution in [0.15, 0.2) is 56.7 Å². The van der Waals surface area contributed by atoms with Crippen LogP contribution in [0.4, 0.5) is 18.9 Å². The largest absolute Gasteiger partial charge is 0.417 e. The van der Waals surface area contributed by atoms with Gasteiger partial charge in [-0.05, 0) is 40.2 Å². The first kappa shape index (κ1) is 14.3. The van der Waals surface area contributed by atoms with Crippen molar-refractivity contribution in [2.45, 2.75) is 16.0 Å². The number of nitrogen functional groups attached to an aromatic ring is 1. The second-order valence-corrected chi connectivity index (χ2v) is 5.66. The van der Waals surface area contributed by atoms with Gasteiger partial charge in [0.2, 0.25) is 0 Å². The second kappa shape index (κ2) is 5.46. The number of hydrogen-bond acceptors (Lipinski definition) is 2. The quantitative estimate of drug-likeness (QED) is 0.755. The van der Waals surface area contributed by atoms with Crippen molar-refractivity contribution in [3.05, 3.63) is 52.5 Å². The third-order valence-electron chi connectivity index (χ3n) is 2.40. The normalized spacial score (nSPS) is 11.6. The maximum atomic E-state index is 13.0. The third-order valence-corrected chi connectivity index (χ3v) is 4.59. The molecular formula is C13H9BrF3NS. The van der Waals surface area contributed by atoms with Gasteiger partial charge in [-0.1, -0.05) is 30.0 Å². The van der Waals surface area contributed by atoms with Crippen molar-refractivity contribution in [3.8, 4) is 0 Å². The lowest BCUT2D eigenvalue weighted by molar-refractivity contribution is -0.139. The highest BCUT2D eigenvalue weighted by molar-refractivity contribution is 9.10. The van der Waals surface area contributed by atoms with Crippen LogP contribution in [0, 0.1) is 0 Å². The lowest BCUT2D eigenvalue weighted by atomic mass is 10.2. The molecule has 0 unspecified atom stereocenters. The molecule has 2 aromatic carbocycles. The van der Waals surface area contributed by atoms with Crippen LogP contribution in [-0.4, -0.2) is 0 Å². The van der Waals surface area contributed by atoms with Crippen molar-refractivity contribution in [1.82, 2.24) is 0 Å². The Bertz CT molecular complexity index is 599. The average molecular weight is 348 g/mol. The van der Waals surface area contributed by atoms with Gasteiger partial charge in [0.05, 0.1) is 5.56 Å². The smallest absolute Gasteiger partial charge is 0.398 e. The molecule has 2 rings (SSSR count). The molecule has 100 valence electrons. The maximum Gasteiger partial charge on any atom is 0.417 e. The molecule has 0 aliphatic carbocycles. The van der Waals surface area contributed by atoms with Crippen molar-refractivity contribution < 1.29 is 13.2 Å². The molecule has 0 amide bonds. The van der Waals surface area contributed by atoms with Crippen molar-refractivity contribution in [2.24, 2.45) is 0 Å². The average Bonchev–Trinajstić information content (AvgIpc) is 2.33. The van der Waals surface area contributed by atoms with E-state index < -0.39 is 11.7 Å². The van der Waals surface area contributed by atoms with E-state index in [4.69, 9.17) is 5.73 Å². The van der Waals surface area contributed by atoms with Gasteiger partial charge in [0, 0.05) is 20.0 Å². The van der Waals surface area contributed by atoms with E-state index in [1.165, 1.54) is 12.1 Å². The molecule has 0 bridgehead atoms. The Labute approximate surface area is 121 Å². The van der Waals surface area contributed by atoms with Gasteiger partial charge >= 0.3 is 6.18 Å². The van der Waals surface area contributed by atoms with Gasteiger partial charge in [-0.2, -0.15) is 13.2 Å². The lowest BCUT2D eigenvalue weighted by Gasteiger charge is -2.14. The molecule has 2 aromatic rings. The van der Waals surface area contributed by atoms with E-state index in [1.807, 2.05) is 0 Å². The van der Waals surface area contributed by atoms with Crippen LogP contribution in [0.5, 0.6) is 0 Å². The highest BCUT2D eigenvalue weighted by Crippen LogP contribution is 2.43. The number of rotatable bonds is 2. The van der Waals surface area contributed by atoms with Crippen molar-refractivity contribution in [2.75, 3.05) is 5.73 Å². The summed E-state index contributed by atoms with van der Waals surface area (Å²) in [7, 11) is 0. The topological polar surface area (TPSA) is 26.0 Å². The van der Waals surface area contributed by atoms with Crippen molar-refractivity contribution in [3.63, 3.8) is 0 Å². The summed E-state index contributed by atoms with van der Waals surface area (Å²) in [6, 6.07) is 10.9. The first-order valence-electron chi connectivity index (χ1n) is 5.27. The Hall–Kier alpha value is -1.14. The first-order valence-corrected chi connectivity index (χ1v) is 6.88. The predicted molar refractivity (Wildman–Crippen MR) is 74.1 cm³/mol. The molecule has 0 spiro atoms. The summed E-state index contributed by atoms with van der Waals surface area (Å²) in [4.78, 5) is 0.716. The minimum atomic E-state index is -4.42. The highest BCUT2D eigenvalue weighted by atomic mass is 79.9. The van der Waals surface area contributed by atoms with E-state index in [0.29, 0.717) is 4.90 Å². The van der Waals surface area contributed by atoms with Crippen molar-refractivity contribution >= 4 is 33.4 Å². The molecule has 0 atom stereocenters. The Kier molecular flexibility index (Phi) is 4.10. The highest BCUT2D eigenvalue weighted by Gasteiger charge is 2.34. The molecule has 0 radical (unpaired) electrons. The van der Waals surface area contributed by atoms with Gasteiger partial charge in [0.25, 0.3) is 0 Å². The molecule has 0 aliphatic heterocycles. The maximum absolute atomic E-state index is 13.0. The molecule has 19 heavy (non-hydrogen) atoms. The molecule has 0 aromatic heterocycles. The Morgan fingerprint density at radius 3 is 2.32 bits per heavy atom. The van der Waals surface area contributed by atoms with Crippen LogP contribution in [0.25, 0.3) is 0 Å². The first-order chi connectivity index (χ1) is 8.89. The molecule has 0 saturated heterocycles. The summed E-state index contributed by atoms with van der Waals surface area (Å²) in [5.74, 6) is 0. The zero-order valence-electron chi connectivity index (χ0n) is 9.54. The van der Waals surface area contributed by atoms with E-state index in [-0.39, 0.29) is 10.6 Å². The van der Waals surface area contributed by atoms with Gasteiger partial charge in [-0.15, -0.1) is 0 Å². The summed E-state index contributed by atoms with van der Waals surface area (Å²) in [6.07, 6.45) is -4.42. The molecule has 1 nitrogen and oxygen atoms in total. The molecule has 6 heteroatoms. The molecule has 0 saturated carbocycles. The fraction of sp³-hybridized carbons (Fsp3) is 0.0769. The van der Waals surface area contributed by atoms with E-state index in [2.05, 4.69) is 15.9 Å². The van der Waals surface area contributed by atoms with Gasteiger partial charge < -0.3 is 5.73 Å². The van der Waals surface area contributed by atoms with Crippen LogP contribution in [0.3, 0.4) is 0 Å². The fourth-order valence-electron chi connectivity index (χ4n) is 1.53. The Balaban J connectivity index is 2.48. The predicted octanol–water partition coefficient (Wildman–Crippen LogP) is 5.20. The second-order valence-electron chi connectivity index (χ2n) is 3.75. The van der Waals surface area contributed by atoms with Crippen LogP contribution in [-0.2, 0) is 6.18 Å². The van der Waals surface area contributed by atoms with Crippen LogP contribution < -0.4 is 5.73 Å². The summed E-state index contributed by atoms with van der Waals surface area (Å²) < 4.78 is 39.6. The molecular weight excluding hydrogens is 339 g/mol. The van der Waals surface area contributed by atoms with Gasteiger partial charge in [0.1, 0.15) is 0 Å². The fourth-order valence-corrected chi connectivity index (χ4v) is 3.07. The molecule has 0 fully saturated rings. The van der Waals surface area contributed by atoms with Crippen LogP contribution in [0.2, 0.25) is 0 Å². The summed E-state index contributed by atoms with van der Waals surface area (Å²) >= 11 is 4.31. The molecule has 0 heterocycles. The minimum Gasteiger partial charge on any atom is -0.398 e. The molecule has 0 aliphatic rings. The van der Waals surface area contributed by atoms with Crippen LogP contribution >= 0.6 is 27.7 Å². The number of alkyl halides is 3. The standard InChI is InChI=1S/C13H9BrF3NS/c14-9-5-1-2-7-11(9)19-12-8(13(15,16)17)4-3-6-10(12)18/h1-7H,18H2. The zero-order valence-corrected chi connectivity index (χ0v) is 11.9. The Morgan fingerprint density at radius 2 is 1.68 bits per heavy atom. The SMILES string of the molecule is Nc1cccc(C(F)(F)F)c1Sc1ccccc1Br. The van der Waals surface area contributed by atoms with E-state index >= 15 is 0 Å². The lowest BCUT2D eigenvalue weighted by Crippen LogP contribution is -2.08.